The van der Waals surface area contributed by atoms with Gasteiger partial charge in [-0.2, -0.15) is 0 Å². The van der Waals surface area contributed by atoms with Crippen molar-refractivity contribution >= 4 is 5.78 Å². The van der Waals surface area contributed by atoms with Crippen LogP contribution < -0.4 is 0 Å². The molecule has 0 saturated heterocycles. The molecule has 2 heteroatoms. The van der Waals surface area contributed by atoms with Gasteiger partial charge in [0.25, 0.3) is 0 Å². The third-order valence-electron chi connectivity index (χ3n) is 2.24. The van der Waals surface area contributed by atoms with Crippen LogP contribution in [0.3, 0.4) is 0 Å². The summed E-state index contributed by atoms with van der Waals surface area (Å²) < 4.78 is 0. The molecule has 0 saturated carbocycles. The molecule has 0 heterocycles. The highest BCUT2D eigenvalue weighted by molar-refractivity contribution is 5.91. The second kappa shape index (κ2) is 5.97. The molecule has 0 aromatic carbocycles. The Hall–Kier alpha value is -0.630. The molecule has 0 amide bonds. The average Bonchev–Trinajstić information content (AvgIpc) is 2.02. The first-order valence-corrected chi connectivity index (χ1v) is 5.25. The van der Waals surface area contributed by atoms with E-state index in [0.717, 1.165) is 19.3 Å². The predicted molar refractivity (Wildman–Crippen MR) is 59.1 cm³/mol. The van der Waals surface area contributed by atoms with Crippen LogP contribution in [0.4, 0.5) is 0 Å². The van der Waals surface area contributed by atoms with Gasteiger partial charge in [0, 0.05) is 5.92 Å². The van der Waals surface area contributed by atoms with Gasteiger partial charge in [-0.15, -0.1) is 0 Å². The first-order valence-electron chi connectivity index (χ1n) is 5.25. The standard InChI is InChI=1S/C12H22O2/c1-5-7-11(13)10(2)8-6-9-12(3,4)14/h5,7,10,14H,6,8-9H2,1-4H3. The summed E-state index contributed by atoms with van der Waals surface area (Å²) in [6.07, 6.45) is 5.89. The van der Waals surface area contributed by atoms with Crippen LogP contribution >= 0.6 is 0 Å². The third-order valence-corrected chi connectivity index (χ3v) is 2.24. The lowest BCUT2D eigenvalue weighted by molar-refractivity contribution is -0.118. The Labute approximate surface area is 87.0 Å². The third kappa shape index (κ3) is 6.84. The van der Waals surface area contributed by atoms with Crippen LogP contribution in [0.15, 0.2) is 12.2 Å². The highest BCUT2D eigenvalue weighted by Gasteiger charge is 2.14. The van der Waals surface area contributed by atoms with Gasteiger partial charge in [-0.3, -0.25) is 4.79 Å². The molecule has 0 radical (unpaired) electrons. The Morgan fingerprint density at radius 1 is 1.50 bits per heavy atom. The van der Waals surface area contributed by atoms with Gasteiger partial charge in [0.1, 0.15) is 0 Å². The smallest absolute Gasteiger partial charge is 0.158 e. The van der Waals surface area contributed by atoms with E-state index in [0.29, 0.717) is 0 Å². The zero-order valence-corrected chi connectivity index (χ0v) is 9.71. The summed E-state index contributed by atoms with van der Waals surface area (Å²) in [6.45, 7) is 7.38. The maximum absolute atomic E-state index is 11.3. The fourth-order valence-corrected chi connectivity index (χ4v) is 1.31. The predicted octanol–water partition coefficient (Wildman–Crippen LogP) is 2.71. The van der Waals surface area contributed by atoms with Gasteiger partial charge in [0.15, 0.2) is 5.78 Å². The quantitative estimate of drug-likeness (QED) is 0.666. The first kappa shape index (κ1) is 13.4. The van der Waals surface area contributed by atoms with Gasteiger partial charge in [0.2, 0.25) is 0 Å². The Bertz CT molecular complexity index is 199. The molecule has 0 bridgehead atoms. The van der Waals surface area contributed by atoms with Gasteiger partial charge in [-0.05, 0) is 46.1 Å². The molecular weight excluding hydrogens is 176 g/mol. The molecule has 0 aromatic rings. The molecule has 0 aromatic heterocycles. The number of rotatable bonds is 6. The normalized spacial score (nSPS) is 14.6. The lowest BCUT2D eigenvalue weighted by atomic mass is 9.94. The summed E-state index contributed by atoms with van der Waals surface area (Å²) in [6, 6.07) is 0. The van der Waals surface area contributed by atoms with Crippen molar-refractivity contribution in [3.05, 3.63) is 12.2 Å². The molecule has 1 N–H and O–H groups in total. The minimum Gasteiger partial charge on any atom is -0.390 e. The molecule has 0 aliphatic carbocycles. The Kier molecular flexibility index (Phi) is 5.70. The van der Waals surface area contributed by atoms with E-state index < -0.39 is 5.60 Å². The Morgan fingerprint density at radius 3 is 2.50 bits per heavy atom. The largest absolute Gasteiger partial charge is 0.390 e. The van der Waals surface area contributed by atoms with Crippen LogP contribution in [-0.4, -0.2) is 16.5 Å². The highest BCUT2D eigenvalue weighted by atomic mass is 16.3. The van der Waals surface area contributed by atoms with Gasteiger partial charge >= 0.3 is 0 Å². The fraction of sp³-hybridized carbons (Fsp3) is 0.750. The zero-order valence-electron chi connectivity index (χ0n) is 9.71. The van der Waals surface area contributed by atoms with E-state index in [-0.39, 0.29) is 11.7 Å². The van der Waals surface area contributed by atoms with E-state index in [2.05, 4.69) is 0 Å². The summed E-state index contributed by atoms with van der Waals surface area (Å²) in [5, 5.41) is 9.47. The molecule has 1 atom stereocenters. The van der Waals surface area contributed by atoms with E-state index in [1.165, 1.54) is 0 Å². The molecule has 0 aliphatic heterocycles. The Balaban J connectivity index is 3.75. The van der Waals surface area contributed by atoms with E-state index in [1.54, 1.807) is 26.0 Å². The topological polar surface area (TPSA) is 37.3 Å². The van der Waals surface area contributed by atoms with Crippen LogP contribution in [0, 0.1) is 5.92 Å². The maximum Gasteiger partial charge on any atom is 0.158 e. The first-order chi connectivity index (χ1) is 6.37. The van der Waals surface area contributed by atoms with Gasteiger partial charge < -0.3 is 5.11 Å². The summed E-state index contributed by atoms with van der Waals surface area (Å²) in [5.74, 6) is 0.261. The monoisotopic (exact) mass is 198 g/mol. The second-order valence-electron chi connectivity index (χ2n) is 4.51. The van der Waals surface area contributed by atoms with Crippen molar-refractivity contribution in [1.29, 1.82) is 0 Å². The van der Waals surface area contributed by atoms with Crippen molar-refractivity contribution in [2.75, 3.05) is 0 Å². The SMILES string of the molecule is CC=CC(=O)C(C)CCCC(C)(C)O. The summed E-state index contributed by atoms with van der Waals surface area (Å²) in [5.41, 5.74) is -0.608. The van der Waals surface area contributed by atoms with Crippen LogP contribution in [0.25, 0.3) is 0 Å². The summed E-state index contributed by atoms with van der Waals surface area (Å²) in [4.78, 5) is 11.3. The second-order valence-corrected chi connectivity index (χ2v) is 4.51. The molecular formula is C12H22O2. The highest BCUT2D eigenvalue weighted by Crippen LogP contribution is 2.16. The van der Waals surface area contributed by atoms with Crippen LogP contribution in [0.5, 0.6) is 0 Å². The molecule has 0 spiro atoms. The van der Waals surface area contributed by atoms with Crippen LogP contribution in [0.1, 0.15) is 47.0 Å². The van der Waals surface area contributed by atoms with Crippen molar-refractivity contribution < 1.29 is 9.90 Å². The molecule has 0 fully saturated rings. The van der Waals surface area contributed by atoms with Crippen LogP contribution in [0.2, 0.25) is 0 Å². The van der Waals surface area contributed by atoms with E-state index in [9.17, 15) is 9.90 Å². The Morgan fingerprint density at radius 2 is 2.07 bits per heavy atom. The fourth-order valence-electron chi connectivity index (χ4n) is 1.31. The number of hydrogen-bond acceptors (Lipinski definition) is 2. The van der Waals surface area contributed by atoms with E-state index >= 15 is 0 Å². The molecule has 0 rings (SSSR count). The van der Waals surface area contributed by atoms with Gasteiger partial charge in [-0.1, -0.05) is 13.0 Å². The van der Waals surface area contributed by atoms with Crippen LogP contribution in [-0.2, 0) is 4.79 Å². The lowest BCUT2D eigenvalue weighted by Gasteiger charge is -2.17. The van der Waals surface area contributed by atoms with Crippen molar-refractivity contribution in [2.45, 2.75) is 52.6 Å². The number of aliphatic hydroxyl groups is 1. The van der Waals surface area contributed by atoms with Gasteiger partial charge in [-0.25, -0.2) is 0 Å². The number of carbonyl (C=O) groups excluding carboxylic acids is 1. The van der Waals surface area contributed by atoms with Crippen molar-refractivity contribution in [3.8, 4) is 0 Å². The molecule has 14 heavy (non-hydrogen) atoms. The number of ketones is 1. The molecule has 2 nitrogen and oxygen atoms in total. The summed E-state index contributed by atoms with van der Waals surface area (Å²) >= 11 is 0. The molecule has 0 aliphatic rings. The van der Waals surface area contributed by atoms with E-state index in [1.807, 2.05) is 13.8 Å². The zero-order chi connectivity index (χ0) is 11.2. The number of hydrogen-bond donors (Lipinski definition) is 1. The van der Waals surface area contributed by atoms with Gasteiger partial charge in [0.05, 0.1) is 5.60 Å². The number of allylic oxidation sites excluding steroid dienone is 2. The molecule has 82 valence electrons. The van der Waals surface area contributed by atoms with Crippen molar-refractivity contribution in [2.24, 2.45) is 5.92 Å². The minimum absolute atomic E-state index is 0.0774. The maximum atomic E-state index is 11.3. The van der Waals surface area contributed by atoms with Crippen molar-refractivity contribution in [1.82, 2.24) is 0 Å². The average molecular weight is 198 g/mol. The summed E-state index contributed by atoms with van der Waals surface area (Å²) in [7, 11) is 0. The number of carbonyl (C=O) groups is 1. The van der Waals surface area contributed by atoms with E-state index in [4.69, 9.17) is 0 Å². The van der Waals surface area contributed by atoms with Crippen molar-refractivity contribution in [3.63, 3.8) is 0 Å². The lowest BCUT2D eigenvalue weighted by Crippen LogP contribution is -2.19. The minimum atomic E-state index is -0.608. The molecule has 1 unspecified atom stereocenters.